The molecule has 3 aromatic rings. The number of piperidine rings is 1. The lowest BCUT2D eigenvalue weighted by Crippen LogP contribution is -2.45. The van der Waals surface area contributed by atoms with Crippen molar-refractivity contribution in [2.75, 3.05) is 13.1 Å². The van der Waals surface area contributed by atoms with Gasteiger partial charge in [-0.15, -0.1) is 0 Å². The Balaban J connectivity index is 1.31. The fourth-order valence-electron chi connectivity index (χ4n) is 4.75. The number of rotatable bonds is 4. The molecule has 0 bridgehead atoms. The number of phenols is 1. The van der Waals surface area contributed by atoms with E-state index in [0.717, 1.165) is 31.6 Å². The van der Waals surface area contributed by atoms with E-state index in [4.69, 9.17) is 0 Å². The predicted molar refractivity (Wildman–Crippen MR) is 116 cm³/mol. The number of phenolic OH excluding ortho intramolecular Hbond substituents is 1. The van der Waals surface area contributed by atoms with Crippen molar-refractivity contribution < 1.29 is 5.11 Å². The van der Waals surface area contributed by atoms with Crippen molar-refractivity contribution in [1.29, 1.82) is 0 Å². The molecule has 0 radical (unpaired) electrons. The smallest absolute Gasteiger partial charge is 0.120 e. The number of hydrogen-bond acceptors (Lipinski definition) is 4. The molecule has 2 saturated heterocycles. The average molecular weight is 386 g/mol. The molecule has 0 spiro atoms. The maximum absolute atomic E-state index is 10.1. The van der Waals surface area contributed by atoms with Crippen molar-refractivity contribution in [2.45, 2.75) is 25.0 Å². The van der Waals surface area contributed by atoms with E-state index in [1.54, 1.807) is 6.07 Å². The van der Waals surface area contributed by atoms with Gasteiger partial charge in [0.2, 0.25) is 0 Å². The molecule has 4 nitrogen and oxygen atoms in total. The van der Waals surface area contributed by atoms with Crippen LogP contribution in [0, 0.1) is 5.92 Å². The molecule has 2 heterocycles. The molecule has 2 aliphatic heterocycles. The summed E-state index contributed by atoms with van der Waals surface area (Å²) >= 11 is 0. The highest BCUT2D eigenvalue weighted by molar-refractivity contribution is 5.63. The molecule has 0 aromatic heterocycles. The Kier molecular flexibility index (Phi) is 5.06. The number of nitrogens with one attached hydrogen (secondary N) is 2. The van der Waals surface area contributed by atoms with E-state index >= 15 is 0 Å². The molecule has 5 rings (SSSR count). The van der Waals surface area contributed by atoms with Gasteiger partial charge in [-0.2, -0.15) is 0 Å². The average Bonchev–Trinajstić information content (AvgIpc) is 3.19. The first-order chi connectivity index (χ1) is 14.3. The minimum absolute atomic E-state index is 0.303. The zero-order chi connectivity index (χ0) is 19.6. The summed E-state index contributed by atoms with van der Waals surface area (Å²) in [7, 11) is 0. The number of para-hydroxylation sites is 1. The molecule has 4 heteroatoms. The summed E-state index contributed by atoms with van der Waals surface area (Å²) < 4.78 is 0. The summed E-state index contributed by atoms with van der Waals surface area (Å²) in [6, 6.07) is 27.9. The third kappa shape index (κ3) is 3.79. The van der Waals surface area contributed by atoms with E-state index in [9.17, 15) is 5.11 Å². The van der Waals surface area contributed by atoms with Crippen LogP contribution >= 0.6 is 0 Å². The number of hydrazine groups is 1. The lowest BCUT2D eigenvalue weighted by Gasteiger charge is -2.36. The third-order valence-corrected chi connectivity index (χ3v) is 6.36. The highest BCUT2D eigenvalue weighted by Gasteiger charge is 2.40. The van der Waals surface area contributed by atoms with Gasteiger partial charge < -0.3 is 5.11 Å². The summed E-state index contributed by atoms with van der Waals surface area (Å²) in [5.74, 6) is 0.905. The van der Waals surface area contributed by atoms with E-state index in [1.807, 2.05) is 18.2 Å². The Morgan fingerprint density at radius 3 is 2.34 bits per heavy atom. The van der Waals surface area contributed by atoms with Crippen LogP contribution in [0.4, 0.5) is 0 Å². The van der Waals surface area contributed by atoms with Crippen molar-refractivity contribution in [2.24, 2.45) is 5.92 Å². The van der Waals surface area contributed by atoms with Crippen molar-refractivity contribution in [1.82, 2.24) is 15.8 Å². The zero-order valence-corrected chi connectivity index (χ0v) is 16.5. The molecule has 3 unspecified atom stereocenters. The summed E-state index contributed by atoms with van der Waals surface area (Å²) in [5, 5.41) is 10.1. The summed E-state index contributed by atoms with van der Waals surface area (Å²) in [6.07, 6.45) is 1.11. The summed E-state index contributed by atoms with van der Waals surface area (Å²) in [4.78, 5) is 2.47. The maximum Gasteiger partial charge on any atom is 0.120 e. The van der Waals surface area contributed by atoms with Gasteiger partial charge in [-0.05, 0) is 29.2 Å². The monoisotopic (exact) mass is 385 g/mol. The molecule has 2 fully saturated rings. The van der Waals surface area contributed by atoms with E-state index in [-0.39, 0.29) is 0 Å². The Labute approximate surface area is 172 Å². The highest BCUT2D eigenvalue weighted by Crippen LogP contribution is 2.35. The standard InChI is InChI=1S/C25H27N3O/c29-24-9-5-4-8-21(24)16-28-15-14-23-22(17-28)25(27-26-23)20-12-10-19(11-13-20)18-6-2-1-3-7-18/h1-13,22-23,25-27,29H,14-17H2. The van der Waals surface area contributed by atoms with Crippen LogP contribution in [0.2, 0.25) is 0 Å². The molecule has 3 atom stereocenters. The van der Waals surface area contributed by atoms with Crippen molar-refractivity contribution >= 4 is 0 Å². The second-order valence-electron chi connectivity index (χ2n) is 8.18. The number of nitrogens with zero attached hydrogens (tertiary/aromatic N) is 1. The van der Waals surface area contributed by atoms with Gasteiger partial charge in [0.1, 0.15) is 5.75 Å². The van der Waals surface area contributed by atoms with Gasteiger partial charge in [0, 0.05) is 37.2 Å². The van der Waals surface area contributed by atoms with Crippen molar-refractivity contribution in [3.8, 4) is 16.9 Å². The quantitative estimate of drug-likeness (QED) is 0.633. The van der Waals surface area contributed by atoms with Crippen LogP contribution in [-0.4, -0.2) is 29.1 Å². The summed E-state index contributed by atoms with van der Waals surface area (Å²) in [5.41, 5.74) is 11.9. The minimum Gasteiger partial charge on any atom is -0.508 e. The van der Waals surface area contributed by atoms with Gasteiger partial charge in [-0.3, -0.25) is 10.3 Å². The van der Waals surface area contributed by atoms with Crippen LogP contribution in [0.3, 0.4) is 0 Å². The summed E-state index contributed by atoms with van der Waals surface area (Å²) in [6.45, 7) is 2.86. The first-order valence-corrected chi connectivity index (χ1v) is 10.4. The molecule has 0 aliphatic carbocycles. The second-order valence-corrected chi connectivity index (χ2v) is 8.18. The molecule has 0 saturated carbocycles. The largest absolute Gasteiger partial charge is 0.508 e. The third-order valence-electron chi connectivity index (χ3n) is 6.36. The van der Waals surface area contributed by atoms with Crippen LogP contribution in [0.5, 0.6) is 5.75 Å². The lowest BCUT2D eigenvalue weighted by molar-refractivity contribution is 0.147. The number of likely N-dealkylation sites (tertiary alicyclic amines) is 1. The molecular weight excluding hydrogens is 358 g/mol. The first kappa shape index (κ1) is 18.4. The zero-order valence-electron chi connectivity index (χ0n) is 16.5. The number of hydrogen-bond donors (Lipinski definition) is 3. The molecule has 148 valence electrons. The molecular formula is C25H27N3O. The number of fused-ring (bicyclic) bond motifs is 1. The fourth-order valence-corrected chi connectivity index (χ4v) is 4.75. The van der Waals surface area contributed by atoms with Crippen molar-refractivity contribution in [3.63, 3.8) is 0 Å². The van der Waals surface area contributed by atoms with Gasteiger partial charge in [0.25, 0.3) is 0 Å². The Morgan fingerprint density at radius 2 is 1.55 bits per heavy atom. The SMILES string of the molecule is Oc1ccccc1CN1CCC2NNC(c3ccc(-c4ccccc4)cc3)C2C1. The minimum atomic E-state index is 0.303. The van der Waals surface area contributed by atoms with Gasteiger partial charge in [0.05, 0.1) is 6.04 Å². The van der Waals surface area contributed by atoms with E-state index in [0.29, 0.717) is 23.8 Å². The highest BCUT2D eigenvalue weighted by atomic mass is 16.3. The van der Waals surface area contributed by atoms with Gasteiger partial charge in [-0.25, -0.2) is 5.43 Å². The molecule has 3 aromatic carbocycles. The Bertz CT molecular complexity index is 957. The molecule has 2 aliphatic rings. The van der Waals surface area contributed by atoms with Crippen LogP contribution < -0.4 is 10.9 Å². The van der Waals surface area contributed by atoms with Crippen LogP contribution in [0.1, 0.15) is 23.6 Å². The van der Waals surface area contributed by atoms with E-state index in [2.05, 4.69) is 70.3 Å². The van der Waals surface area contributed by atoms with Gasteiger partial charge in [-0.1, -0.05) is 72.8 Å². The van der Waals surface area contributed by atoms with E-state index in [1.165, 1.54) is 16.7 Å². The lowest BCUT2D eigenvalue weighted by atomic mass is 9.84. The fraction of sp³-hybridized carbons (Fsp3) is 0.280. The van der Waals surface area contributed by atoms with Gasteiger partial charge in [0.15, 0.2) is 0 Å². The predicted octanol–water partition coefficient (Wildman–Crippen LogP) is 4.10. The molecule has 29 heavy (non-hydrogen) atoms. The topological polar surface area (TPSA) is 47.5 Å². The molecule has 3 N–H and O–H groups in total. The number of benzene rings is 3. The van der Waals surface area contributed by atoms with Crippen LogP contribution in [-0.2, 0) is 6.54 Å². The maximum atomic E-state index is 10.1. The van der Waals surface area contributed by atoms with Crippen LogP contribution in [0.25, 0.3) is 11.1 Å². The Morgan fingerprint density at radius 1 is 0.828 bits per heavy atom. The second kappa shape index (κ2) is 7.99. The first-order valence-electron chi connectivity index (χ1n) is 10.4. The normalized spacial score (nSPS) is 24.3. The van der Waals surface area contributed by atoms with Gasteiger partial charge >= 0.3 is 0 Å². The van der Waals surface area contributed by atoms with Crippen molar-refractivity contribution in [3.05, 3.63) is 90.0 Å². The Hall–Kier alpha value is -2.66. The number of aromatic hydroxyl groups is 1. The van der Waals surface area contributed by atoms with Crippen LogP contribution in [0.15, 0.2) is 78.9 Å². The van der Waals surface area contributed by atoms with E-state index < -0.39 is 0 Å². The molecule has 0 amide bonds.